The third kappa shape index (κ3) is 3.76. The number of carboxylic acids is 1. The summed E-state index contributed by atoms with van der Waals surface area (Å²) in [5.41, 5.74) is 1.27. The maximum absolute atomic E-state index is 11.5. The Labute approximate surface area is 129 Å². The predicted octanol–water partition coefficient (Wildman–Crippen LogP) is 4.46. The van der Waals surface area contributed by atoms with E-state index in [9.17, 15) is 9.90 Å². The van der Waals surface area contributed by atoms with Crippen LogP contribution in [0.4, 0.5) is 0 Å². The fourth-order valence-electron chi connectivity index (χ4n) is 2.84. The maximum Gasteiger partial charge on any atom is 0.307 e. The van der Waals surface area contributed by atoms with Crippen LogP contribution in [-0.4, -0.2) is 21.3 Å². The molecule has 5 heteroatoms. The second-order valence-corrected chi connectivity index (χ2v) is 9.08. The van der Waals surface area contributed by atoms with E-state index in [-0.39, 0.29) is 16.6 Å². The highest BCUT2D eigenvalue weighted by molar-refractivity contribution is 8.01. The second-order valence-electron chi connectivity index (χ2n) is 6.73. The number of thiazole rings is 1. The zero-order chi connectivity index (χ0) is 14.9. The van der Waals surface area contributed by atoms with Gasteiger partial charge in [0.05, 0.1) is 5.92 Å². The van der Waals surface area contributed by atoms with Crippen LogP contribution < -0.4 is 0 Å². The summed E-state index contributed by atoms with van der Waals surface area (Å²) in [5.74, 6) is -0.289. The number of nitrogens with zero attached hydrogens (tertiary/aromatic N) is 1. The van der Waals surface area contributed by atoms with Crippen LogP contribution in [-0.2, 0) is 4.79 Å². The third-order valence-electron chi connectivity index (χ3n) is 4.18. The molecule has 1 N–H and O–H groups in total. The first-order valence-corrected chi connectivity index (χ1v) is 8.85. The Kier molecular flexibility index (Phi) is 4.80. The molecule has 3 unspecified atom stereocenters. The van der Waals surface area contributed by atoms with Gasteiger partial charge in [-0.25, -0.2) is 4.98 Å². The van der Waals surface area contributed by atoms with Gasteiger partial charge in [0.15, 0.2) is 0 Å². The summed E-state index contributed by atoms with van der Waals surface area (Å²) in [5, 5.41) is 11.6. The molecule has 1 aliphatic rings. The number of carboxylic acid groups (broad SMARTS) is 1. The van der Waals surface area contributed by atoms with Crippen LogP contribution in [0.15, 0.2) is 9.72 Å². The lowest BCUT2D eigenvalue weighted by atomic mass is 9.69. The van der Waals surface area contributed by atoms with E-state index in [4.69, 9.17) is 0 Å². The number of hydrogen-bond acceptors (Lipinski definition) is 4. The molecule has 0 amide bonds. The van der Waals surface area contributed by atoms with Crippen LogP contribution in [0, 0.1) is 24.2 Å². The Hall–Kier alpha value is -0.550. The van der Waals surface area contributed by atoms with Crippen molar-refractivity contribution in [3.05, 3.63) is 11.1 Å². The molecular formula is C15H23NO2S2. The standard InChI is InChI=1S/C15H23NO2S2/c1-9-8-19-14(16-9)20-12-7-10(15(2,3)4)5-6-11(12)13(17)18/h8,10-12H,5-7H2,1-4H3,(H,17,18). The van der Waals surface area contributed by atoms with Gasteiger partial charge in [0.1, 0.15) is 4.34 Å². The van der Waals surface area contributed by atoms with Crippen molar-refractivity contribution in [1.29, 1.82) is 0 Å². The minimum atomic E-state index is -0.650. The molecule has 0 radical (unpaired) electrons. The van der Waals surface area contributed by atoms with Crippen LogP contribution in [0.3, 0.4) is 0 Å². The Morgan fingerprint density at radius 2 is 2.15 bits per heavy atom. The topological polar surface area (TPSA) is 50.2 Å². The van der Waals surface area contributed by atoms with Gasteiger partial charge in [0.2, 0.25) is 0 Å². The van der Waals surface area contributed by atoms with Gasteiger partial charge in [-0.1, -0.05) is 32.5 Å². The molecule has 0 spiro atoms. The third-order valence-corrected chi connectivity index (χ3v) is 6.63. The van der Waals surface area contributed by atoms with Crippen molar-refractivity contribution in [2.75, 3.05) is 0 Å². The summed E-state index contributed by atoms with van der Waals surface area (Å²) in [7, 11) is 0. The molecule has 1 fully saturated rings. The van der Waals surface area contributed by atoms with Crippen molar-refractivity contribution in [2.24, 2.45) is 17.3 Å². The molecule has 3 nitrogen and oxygen atoms in total. The van der Waals surface area contributed by atoms with Gasteiger partial charge in [-0.3, -0.25) is 4.79 Å². The van der Waals surface area contributed by atoms with E-state index in [0.29, 0.717) is 5.92 Å². The van der Waals surface area contributed by atoms with Gasteiger partial charge in [-0.15, -0.1) is 11.3 Å². The first-order chi connectivity index (χ1) is 9.27. The largest absolute Gasteiger partial charge is 0.481 e. The minimum Gasteiger partial charge on any atom is -0.481 e. The number of hydrogen-bond donors (Lipinski definition) is 1. The van der Waals surface area contributed by atoms with Gasteiger partial charge >= 0.3 is 5.97 Å². The van der Waals surface area contributed by atoms with Crippen molar-refractivity contribution in [2.45, 2.75) is 56.5 Å². The van der Waals surface area contributed by atoms with E-state index in [1.807, 2.05) is 12.3 Å². The lowest BCUT2D eigenvalue weighted by Crippen LogP contribution is -2.37. The van der Waals surface area contributed by atoms with Crippen LogP contribution in [0.1, 0.15) is 45.7 Å². The first-order valence-electron chi connectivity index (χ1n) is 7.09. The molecular weight excluding hydrogens is 290 g/mol. The zero-order valence-electron chi connectivity index (χ0n) is 12.5. The molecule has 1 aromatic heterocycles. The van der Waals surface area contributed by atoms with Gasteiger partial charge in [-0.05, 0) is 37.5 Å². The number of aromatic nitrogens is 1. The van der Waals surface area contributed by atoms with Gasteiger partial charge < -0.3 is 5.11 Å². The highest BCUT2D eigenvalue weighted by Crippen LogP contribution is 2.46. The van der Waals surface area contributed by atoms with Crippen LogP contribution in [0.2, 0.25) is 0 Å². The molecule has 2 rings (SSSR count). The average molecular weight is 313 g/mol. The smallest absolute Gasteiger partial charge is 0.307 e. The first kappa shape index (κ1) is 15.8. The summed E-state index contributed by atoms with van der Waals surface area (Å²) >= 11 is 3.29. The lowest BCUT2D eigenvalue weighted by molar-refractivity contribution is -0.143. The molecule has 1 saturated carbocycles. The van der Waals surface area contributed by atoms with Crippen molar-refractivity contribution in [3.8, 4) is 0 Å². The molecule has 112 valence electrons. The van der Waals surface area contributed by atoms with Crippen molar-refractivity contribution >= 4 is 29.1 Å². The number of rotatable bonds is 3. The number of thioether (sulfide) groups is 1. The van der Waals surface area contributed by atoms with Crippen LogP contribution >= 0.6 is 23.1 Å². The molecule has 1 heterocycles. The van der Waals surface area contributed by atoms with Gasteiger partial charge in [-0.2, -0.15) is 0 Å². The summed E-state index contributed by atoms with van der Waals surface area (Å²) in [6.45, 7) is 8.75. The predicted molar refractivity (Wildman–Crippen MR) is 84.4 cm³/mol. The average Bonchev–Trinajstić information content (AvgIpc) is 2.73. The fraction of sp³-hybridized carbons (Fsp3) is 0.733. The van der Waals surface area contributed by atoms with Crippen molar-refractivity contribution in [3.63, 3.8) is 0 Å². The SMILES string of the molecule is Cc1csc(SC2CC(C(C)(C)C)CCC2C(=O)O)n1. The zero-order valence-corrected chi connectivity index (χ0v) is 14.2. The van der Waals surface area contributed by atoms with Gasteiger partial charge in [0, 0.05) is 16.3 Å². The maximum atomic E-state index is 11.5. The van der Waals surface area contributed by atoms with E-state index in [0.717, 1.165) is 29.3 Å². The minimum absolute atomic E-state index is 0.149. The quantitative estimate of drug-likeness (QED) is 0.895. The molecule has 0 saturated heterocycles. The van der Waals surface area contributed by atoms with E-state index in [2.05, 4.69) is 25.8 Å². The van der Waals surface area contributed by atoms with E-state index in [1.165, 1.54) is 0 Å². The van der Waals surface area contributed by atoms with Gasteiger partial charge in [0.25, 0.3) is 0 Å². The van der Waals surface area contributed by atoms with E-state index < -0.39 is 5.97 Å². The van der Waals surface area contributed by atoms with E-state index in [1.54, 1.807) is 23.1 Å². The lowest BCUT2D eigenvalue weighted by Gasteiger charge is -2.39. The summed E-state index contributed by atoms with van der Waals surface area (Å²) in [6.07, 6.45) is 2.79. The van der Waals surface area contributed by atoms with Crippen molar-refractivity contribution in [1.82, 2.24) is 4.98 Å². The Morgan fingerprint density at radius 3 is 2.65 bits per heavy atom. The molecule has 1 aliphatic carbocycles. The fourth-order valence-corrected chi connectivity index (χ4v) is 5.30. The Balaban J connectivity index is 2.12. The normalized spacial score (nSPS) is 27.5. The molecule has 1 aromatic rings. The molecule has 20 heavy (non-hydrogen) atoms. The molecule has 0 bridgehead atoms. The second kappa shape index (κ2) is 6.06. The summed E-state index contributed by atoms with van der Waals surface area (Å²) in [6, 6.07) is 0. The number of aliphatic carboxylic acids is 1. The molecule has 0 aromatic carbocycles. The molecule has 0 aliphatic heterocycles. The van der Waals surface area contributed by atoms with Crippen molar-refractivity contribution < 1.29 is 9.90 Å². The highest BCUT2D eigenvalue weighted by Gasteiger charge is 2.39. The monoisotopic (exact) mass is 313 g/mol. The highest BCUT2D eigenvalue weighted by atomic mass is 32.2. The summed E-state index contributed by atoms with van der Waals surface area (Å²) in [4.78, 5) is 16.0. The number of aryl methyl sites for hydroxylation is 1. The Bertz CT molecular complexity index is 478. The Morgan fingerprint density at radius 1 is 1.45 bits per heavy atom. The molecule has 3 atom stereocenters. The number of carbonyl (C=O) groups is 1. The summed E-state index contributed by atoms with van der Waals surface area (Å²) < 4.78 is 1.01. The van der Waals surface area contributed by atoms with Crippen LogP contribution in [0.25, 0.3) is 0 Å². The van der Waals surface area contributed by atoms with Crippen LogP contribution in [0.5, 0.6) is 0 Å². The van der Waals surface area contributed by atoms with E-state index >= 15 is 0 Å².